The molecule has 4 nitrogen and oxygen atoms in total. The molecule has 0 N–H and O–H groups in total. The number of fused-ring (bicyclic) bond motifs is 5. The molecule has 9 rings (SSSR count). The van der Waals surface area contributed by atoms with Gasteiger partial charge in [-0.2, -0.15) is 0 Å². The molecule has 0 amide bonds. The van der Waals surface area contributed by atoms with Crippen LogP contribution in [0.5, 0.6) is 0 Å². The van der Waals surface area contributed by atoms with Crippen molar-refractivity contribution in [1.82, 2.24) is 19.9 Å². The van der Waals surface area contributed by atoms with Crippen LogP contribution < -0.4 is 0 Å². The van der Waals surface area contributed by atoms with Crippen molar-refractivity contribution >= 4 is 42.4 Å². The Hall–Kier alpha value is -6.04. The van der Waals surface area contributed by atoms with Gasteiger partial charge in [-0.1, -0.05) is 146 Å². The zero-order valence-corrected chi connectivity index (χ0v) is 26.0. The van der Waals surface area contributed by atoms with Crippen molar-refractivity contribution in [2.24, 2.45) is 0 Å². The molecule has 0 saturated heterocycles. The van der Waals surface area contributed by atoms with Gasteiger partial charge in [-0.05, 0) is 23.3 Å². The van der Waals surface area contributed by atoms with Gasteiger partial charge in [-0.3, -0.25) is 0 Å². The molecule has 0 aliphatic heterocycles. The van der Waals surface area contributed by atoms with Crippen LogP contribution in [0.2, 0.25) is 0 Å². The standard InChI is InChI=1S/C42H26N4S/c1-4-12-27(13-5-1)32-24-25-33-35(26-32)43-38(37-34-18-10-11-19-36(34)47-39(33)37)28-20-22-31(23-21-28)42-45-40(29-14-6-2-7-15-29)44-41(46-42)30-16-8-3-9-17-30/h1-26H. The van der Waals surface area contributed by atoms with E-state index in [1.165, 1.54) is 31.1 Å². The Bertz CT molecular complexity index is 2490. The fourth-order valence-electron chi connectivity index (χ4n) is 6.20. The van der Waals surface area contributed by atoms with E-state index < -0.39 is 0 Å². The normalized spacial score (nSPS) is 11.4. The van der Waals surface area contributed by atoms with Gasteiger partial charge >= 0.3 is 0 Å². The second-order valence-corrected chi connectivity index (χ2v) is 12.5. The summed E-state index contributed by atoms with van der Waals surface area (Å²) >= 11 is 1.83. The van der Waals surface area contributed by atoms with Crippen LogP contribution in [0, 0.1) is 0 Å². The molecule has 0 unspecified atom stereocenters. The summed E-state index contributed by atoms with van der Waals surface area (Å²) < 4.78 is 2.52. The summed E-state index contributed by atoms with van der Waals surface area (Å²) in [4.78, 5) is 20.1. The smallest absolute Gasteiger partial charge is 0.164 e. The minimum Gasteiger partial charge on any atom is -0.247 e. The molecular weight excluding hydrogens is 593 g/mol. The van der Waals surface area contributed by atoms with Crippen LogP contribution in [0.15, 0.2) is 158 Å². The molecule has 0 radical (unpaired) electrons. The first-order valence-electron chi connectivity index (χ1n) is 15.6. The molecule has 3 aromatic heterocycles. The van der Waals surface area contributed by atoms with E-state index in [2.05, 4.69) is 91.0 Å². The van der Waals surface area contributed by atoms with Crippen molar-refractivity contribution in [3.63, 3.8) is 0 Å². The second-order valence-electron chi connectivity index (χ2n) is 11.5. The van der Waals surface area contributed by atoms with E-state index in [0.29, 0.717) is 17.5 Å². The van der Waals surface area contributed by atoms with E-state index in [9.17, 15) is 0 Å². The summed E-state index contributed by atoms with van der Waals surface area (Å²) in [5.74, 6) is 1.93. The maximum absolute atomic E-state index is 5.36. The van der Waals surface area contributed by atoms with Crippen LogP contribution in [-0.4, -0.2) is 19.9 Å². The largest absolute Gasteiger partial charge is 0.247 e. The van der Waals surface area contributed by atoms with E-state index in [1.54, 1.807) is 0 Å². The minimum atomic E-state index is 0.634. The maximum atomic E-state index is 5.36. The van der Waals surface area contributed by atoms with Crippen molar-refractivity contribution < 1.29 is 0 Å². The van der Waals surface area contributed by atoms with Gasteiger partial charge in [-0.25, -0.2) is 19.9 Å². The molecule has 6 aromatic carbocycles. The zero-order chi connectivity index (χ0) is 31.2. The first kappa shape index (κ1) is 27.3. The number of hydrogen-bond donors (Lipinski definition) is 0. The molecule has 0 aliphatic carbocycles. The highest BCUT2D eigenvalue weighted by Crippen LogP contribution is 2.43. The lowest BCUT2D eigenvalue weighted by atomic mass is 9.99. The average Bonchev–Trinajstić information content (AvgIpc) is 3.55. The molecule has 0 fully saturated rings. The van der Waals surface area contributed by atoms with Gasteiger partial charge in [0.25, 0.3) is 0 Å². The fourth-order valence-corrected chi connectivity index (χ4v) is 7.43. The summed E-state index contributed by atoms with van der Waals surface area (Å²) in [5, 5.41) is 3.59. The predicted octanol–water partition coefficient (Wildman–Crippen LogP) is 11.1. The van der Waals surface area contributed by atoms with Crippen LogP contribution in [-0.2, 0) is 0 Å². The van der Waals surface area contributed by atoms with Gasteiger partial charge in [0.15, 0.2) is 17.5 Å². The van der Waals surface area contributed by atoms with Gasteiger partial charge in [-0.15, -0.1) is 11.3 Å². The van der Waals surface area contributed by atoms with Gasteiger partial charge in [0.1, 0.15) is 0 Å². The summed E-state index contributed by atoms with van der Waals surface area (Å²) in [7, 11) is 0. The lowest BCUT2D eigenvalue weighted by Gasteiger charge is -2.11. The number of thiophene rings is 1. The van der Waals surface area contributed by atoms with Gasteiger partial charge < -0.3 is 0 Å². The molecule has 0 spiro atoms. The van der Waals surface area contributed by atoms with Crippen LogP contribution in [0.25, 0.3) is 87.6 Å². The van der Waals surface area contributed by atoms with E-state index in [4.69, 9.17) is 19.9 Å². The molecular formula is C42H26N4S. The SMILES string of the molecule is c1ccc(-c2ccc3c(c2)nc(-c2ccc(-c4nc(-c5ccccc5)nc(-c5ccccc5)n4)cc2)c2c4ccccc4sc32)cc1. The number of nitrogens with zero attached hydrogens (tertiary/aromatic N) is 4. The lowest BCUT2D eigenvalue weighted by molar-refractivity contribution is 1.07. The van der Waals surface area contributed by atoms with Crippen molar-refractivity contribution in [2.75, 3.05) is 0 Å². The highest BCUT2D eigenvalue weighted by molar-refractivity contribution is 7.26. The van der Waals surface area contributed by atoms with E-state index in [0.717, 1.165) is 39.0 Å². The molecule has 220 valence electrons. The Morgan fingerprint density at radius 1 is 0.362 bits per heavy atom. The van der Waals surface area contributed by atoms with Crippen molar-refractivity contribution in [1.29, 1.82) is 0 Å². The number of rotatable bonds is 5. The highest BCUT2D eigenvalue weighted by Gasteiger charge is 2.18. The molecule has 0 bridgehead atoms. The Morgan fingerprint density at radius 3 is 1.47 bits per heavy atom. The van der Waals surface area contributed by atoms with Crippen LogP contribution in [0.1, 0.15) is 0 Å². The third-order valence-electron chi connectivity index (χ3n) is 8.53. The fraction of sp³-hybridized carbons (Fsp3) is 0. The first-order chi connectivity index (χ1) is 23.3. The molecule has 5 heteroatoms. The summed E-state index contributed by atoms with van der Waals surface area (Å²) in [6, 6.07) is 54.4. The van der Waals surface area contributed by atoms with Crippen molar-refractivity contribution in [2.45, 2.75) is 0 Å². The summed E-state index contributed by atoms with van der Waals surface area (Å²) in [5.41, 5.74) is 8.18. The molecule has 3 heterocycles. The van der Waals surface area contributed by atoms with Gasteiger partial charge in [0.05, 0.1) is 11.2 Å². The molecule has 0 saturated carbocycles. The summed E-state index contributed by atoms with van der Waals surface area (Å²) in [6.07, 6.45) is 0. The monoisotopic (exact) mass is 618 g/mol. The van der Waals surface area contributed by atoms with Gasteiger partial charge in [0, 0.05) is 47.8 Å². The third kappa shape index (κ3) is 4.94. The van der Waals surface area contributed by atoms with Crippen molar-refractivity contribution in [3.05, 3.63) is 158 Å². The highest BCUT2D eigenvalue weighted by atomic mass is 32.1. The Balaban J connectivity index is 1.21. The van der Waals surface area contributed by atoms with Crippen LogP contribution in [0.3, 0.4) is 0 Å². The first-order valence-corrected chi connectivity index (χ1v) is 16.4. The second kappa shape index (κ2) is 11.4. The molecule has 0 atom stereocenters. The third-order valence-corrected chi connectivity index (χ3v) is 9.73. The van der Waals surface area contributed by atoms with E-state index in [-0.39, 0.29) is 0 Å². The van der Waals surface area contributed by atoms with Gasteiger partial charge in [0.2, 0.25) is 0 Å². The minimum absolute atomic E-state index is 0.634. The van der Waals surface area contributed by atoms with Crippen LogP contribution in [0.4, 0.5) is 0 Å². The molecule has 0 aliphatic rings. The molecule has 47 heavy (non-hydrogen) atoms. The number of benzene rings is 6. The Labute approximate surface area is 275 Å². The lowest BCUT2D eigenvalue weighted by Crippen LogP contribution is -2.00. The quantitative estimate of drug-likeness (QED) is 0.193. The predicted molar refractivity (Wildman–Crippen MR) is 195 cm³/mol. The number of pyridine rings is 1. The Morgan fingerprint density at radius 2 is 0.851 bits per heavy atom. The van der Waals surface area contributed by atoms with E-state index in [1.807, 2.05) is 78.1 Å². The average molecular weight is 619 g/mol. The number of hydrogen-bond acceptors (Lipinski definition) is 5. The zero-order valence-electron chi connectivity index (χ0n) is 25.2. The maximum Gasteiger partial charge on any atom is 0.164 e. The van der Waals surface area contributed by atoms with Crippen LogP contribution >= 0.6 is 11.3 Å². The topological polar surface area (TPSA) is 51.6 Å². The Kier molecular flexibility index (Phi) is 6.61. The van der Waals surface area contributed by atoms with E-state index >= 15 is 0 Å². The van der Waals surface area contributed by atoms with Crippen molar-refractivity contribution in [3.8, 4) is 56.5 Å². The molecule has 9 aromatic rings. The summed E-state index contributed by atoms with van der Waals surface area (Å²) in [6.45, 7) is 0. The number of aromatic nitrogens is 4.